The minimum absolute atomic E-state index is 0.192. The van der Waals surface area contributed by atoms with Crippen molar-refractivity contribution < 1.29 is 0 Å². The third kappa shape index (κ3) is 1.39. The van der Waals surface area contributed by atoms with Crippen LogP contribution in [0.1, 0.15) is 35.7 Å². The van der Waals surface area contributed by atoms with Gasteiger partial charge in [0.15, 0.2) is 0 Å². The average Bonchev–Trinajstić information content (AvgIpc) is 2.55. The van der Waals surface area contributed by atoms with E-state index in [9.17, 15) is 0 Å². The number of rotatable bonds is 0. The molecule has 1 aromatic rings. The maximum Gasteiger partial charge on any atom is 0.0457 e. The molecule has 1 aliphatic heterocycles. The number of nitrogens with two attached hydrogens (primary N) is 1. The second-order valence-electron chi connectivity index (χ2n) is 5.32. The van der Waals surface area contributed by atoms with Gasteiger partial charge in [0, 0.05) is 17.9 Å². The predicted octanol–water partition coefficient (Wildman–Crippen LogP) is 1.32. The molecule has 0 saturated carbocycles. The molecule has 0 radical (unpaired) electrons. The van der Waals surface area contributed by atoms with Crippen LogP contribution in [0, 0.1) is 12.3 Å². The van der Waals surface area contributed by atoms with Gasteiger partial charge in [-0.15, -0.1) is 0 Å². The van der Waals surface area contributed by atoms with Crippen molar-refractivity contribution in [3.8, 4) is 0 Å². The molecule has 1 atom stereocenters. The zero-order valence-electron chi connectivity index (χ0n) is 9.79. The quantitative estimate of drug-likeness (QED) is 0.689. The Hall–Kier alpha value is -0.930. The molecule has 3 heteroatoms. The van der Waals surface area contributed by atoms with Crippen LogP contribution in [0.2, 0.25) is 0 Å². The lowest BCUT2D eigenvalue weighted by molar-refractivity contribution is 0.173. The number of hydrogen-bond acceptors (Lipinski definition) is 3. The smallest absolute Gasteiger partial charge is 0.0457 e. The summed E-state index contributed by atoms with van der Waals surface area (Å²) < 4.78 is 0. The van der Waals surface area contributed by atoms with Crippen LogP contribution < -0.4 is 11.1 Å². The van der Waals surface area contributed by atoms with Crippen molar-refractivity contribution in [1.29, 1.82) is 0 Å². The average molecular weight is 217 g/mol. The minimum Gasteiger partial charge on any atom is -0.323 e. The van der Waals surface area contributed by atoms with Gasteiger partial charge in [0.1, 0.15) is 0 Å². The molecule has 3 N–H and O–H groups in total. The van der Waals surface area contributed by atoms with Crippen LogP contribution in [0.25, 0.3) is 0 Å². The summed E-state index contributed by atoms with van der Waals surface area (Å²) in [6.07, 6.45) is 5.41. The fourth-order valence-electron chi connectivity index (χ4n) is 3.22. The molecule has 16 heavy (non-hydrogen) atoms. The maximum atomic E-state index is 6.46. The van der Waals surface area contributed by atoms with Crippen molar-refractivity contribution in [2.24, 2.45) is 11.1 Å². The van der Waals surface area contributed by atoms with Gasteiger partial charge in [-0.3, -0.25) is 4.98 Å². The Labute approximate surface area is 96.4 Å². The van der Waals surface area contributed by atoms with Gasteiger partial charge >= 0.3 is 0 Å². The number of nitrogens with one attached hydrogen (secondary N) is 1. The topological polar surface area (TPSA) is 50.9 Å². The summed E-state index contributed by atoms with van der Waals surface area (Å²) in [6.45, 7) is 4.29. The van der Waals surface area contributed by atoms with E-state index in [-0.39, 0.29) is 11.5 Å². The Morgan fingerprint density at radius 3 is 2.94 bits per heavy atom. The molecular formula is C13H19N3. The maximum absolute atomic E-state index is 6.46. The monoisotopic (exact) mass is 217 g/mol. The van der Waals surface area contributed by atoms with Crippen molar-refractivity contribution in [2.75, 3.05) is 13.1 Å². The summed E-state index contributed by atoms with van der Waals surface area (Å²) in [6, 6.07) is 2.42. The fourth-order valence-corrected chi connectivity index (χ4v) is 3.22. The van der Waals surface area contributed by atoms with E-state index in [1.807, 2.05) is 6.20 Å². The van der Waals surface area contributed by atoms with Crippen LogP contribution in [-0.2, 0) is 6.42 Å². The van der Waals surface area contributed by atoms with Crippen LogP contribution >= 0.6 is 0 Å². The Morgan fingerprint density at radius 1 is 1.44 bits per heavy atom. The van der Waals surface area contributed by atoms with E-state index in [2.05, 4.69) is 23.3 Å². The molecule has 2 heterocycles. The molecule has 3 rings (SSSR count). The van der Waals surface area contributed by atoms with Crippen LogP contribution in [0.3, 0.4) is 0 Å². The second-order valence-corrected chi connectivity index (χ2v) is 5.32. The highest BCUT2D eigenvalue weighted by molar-refractivity contribution is 5.35. The summed E-state index contributed by atoms with van der Waals surface area (Å²) in [4.78, 5) is 4.56. The lowest BCUT2D eigenvalue weighted by atomic mass is 9.74. The van der Waals surface area contributed by atoms with Gasteiger partial charge in [-0.2, -0.15) is 0 Å². The van der Waals surface area contributed by atoms with Gasteiger partial charge in [-0.25, -0.2) is 0 Å². The first-order chi connectivity index (χ1) is 7.71. The number of aromatic nitrogens is 1. The zero-order valence-corrected chi connectivity index (χ0v) is 9.79. The number of pyridine rings is 1. The minimum atomic E-state index is 0.192. The second kappa shape index (κ2) is 3.54. The number of hydrogen-bond donors (Lipinski definition) is 2. The van der Waals surface area contributed by atoms with Gasteiger partial charge in [0.2, 0.25) is 0 Å². The molecular weight excluding hydrogens is 198 g/mol. The Morgan fingerprint density at radius 2 is 2.19 bits per heavy atom. The van der Waals surface area contributed by atoms with E-state index < -0.39 is 0 Å². The van der Waals surface area contributed by atoms with Crippen molar-refractivity contribution in [1.82, 2.24) is 10.3 Å². The summed E-state index contributed by atoms with van der Waals surface area (Å²) in [5, 5.41) is 3.42. The first kappa shape index (κ1) is 10.2. The van der Waals surface area contributed by atoms with Gasteiger partial charge < -0.3 is 11.1 Å². The van der Waals surface area contributed by atoms with Gasteiger partial charge in [-0.05, 0) is 55.8 Å². The Kier molecular flexibility index (Phi) is 2.26. The molecule has 86 valence electrons. The molecule has 1 fully saturated rings. The molecule has 0 unspecified atom stereocenters. The van der Waals surface area contributed by atoms with Crippen LogP contribution in [0.4, 0.5) is 0 Å². The number of piperidine rings is 1. The molecule has 0 bridgehead atoms. The largest absolute Gasteiger partial charge is 0.323 e. The molecule has 1 aliphatic carbocycles. The summed E-state index contributed by atoms with van der Waals surface area (Å²) in [7, 11) is 0. The lowest BCUT2D eigenvalue weighted by Crippen LogP contribution is -2.42. The Bertz CT molecular complexity index is 408. The molecule has 1 aromatic heterocycles. The van der Waals surface area contributed by atoms with Crippen LogP contribution in [0.5, 0.6) is 0 Å². The highest BCUT2D eigenvalue weighted by Gasteiger charge is 2.45. The number of nitrogens with zero attached hydrogens (tertiary/aromatic N) is 1. The van der Waals surface area contributed by atoms with E-state index in [1.54, 1.807) is 0 Å². The lowest BCUT2D eigenvalue weighted by Gasteiger charge is -2.37. The van der Waals surface area contributed by atoms with Gasteiger partial charge in [-0.1, -0.05) is 6.07 Å². The SMILES string of the molecule is Cc1cnc2c(c1)[C@H](N)C1(CCNCC1)C2. The number of aryl methyl sites for hydroxylation is 1. The first-order valence-electron chi connectivity index (χ1n) is 6.13. The highest BCUT2D eigenvalue weighted by Crippen LogP contribution is 2.49. The third-order valence-electron chi connectivity index (χ3n) is 4.25. The van der Waals surface area contributed by atoms with Crippen molar-refractivity contribution in [2.45, 2.75) is 32.2 Å². The van der Waals surface area contributed by atoms with E-state index >= 15 is 0 Å². The molecule has 0 aromatic carbocycles. The highest BCUT2D eigenvalue weighted by atomic mass is 14.9. The Balaban J connectivity index is 1.99. The predicted molar refractivity (Wildman–Crippen MR) is 64.1 cm³/mol. The van der Waals surface area contributed by atoms with Crippen molar-refractivity contribution in [3.05, 3.63) is 29.1 Å². The molecule has 0 amide bonds. The summed E-state index contributed by atoms with van der Waals surface area (Å²) in [5.74, 6) is 0. The van der Waals surface area contributed by atoms with Crippen LogP contribution in [-0.4, -0.2) is 18.1 Å². The van der Waals surface area contributed by atoms with E-state index in [4.69, 9.17) is 5.73 Å². The fraction of sp³-hybridized carbons (Fsp3) is 0.615. The van der Waals surface area contributed by atoms with Gasteiger partial charge in [0.25, 0.3) is 0 Å². The van der Waals surface area contributed by atoms with Crippen molar-refractivity contribution >= 4 is 0 Å². The third-order valence-corrected chi connectivity index (χ3v) is 4.25. The molecule has 1 saturated heterocycles. The summed E-state index contributed by atoms with van der Waals surface area (Å²) >= 11 is 0. The molecule has 1 spiro atoms. The van der Waals surface area contributed by atoms with E-state index in [0.717, 1.165) is 19.5 Å². The van der Waals surface area contributed by atoms with Crippen LogP contribution in [0.15, 0.2) is 12.3 Å². The van der Waals surface area contributed by atoms with E-state index in [1.165, 1.54) is 29.7 Å². The zero-order chi connectivity index (χ0) is 11.2. The van der Waals surface area contributed by atoms with Crippen molar-refractivity contribution in [3.63, 3.8) is 0 Å². The number of fused-ring (bicyclic) bond motifs is 1. The molecule has 3 nitrogen and oxygen atoms in total. The normalized spacial score (nSPS) is 27.0. The summed E-state index contributed by atoms with van der Waals surface area (Å²) in [5.41, 5.74) is 10.5. The standard InChI is InChI=1S/C13H19N3/c1-9-6-10-11(16-8-9)7-13(12(10)14)2-4-15-5-3-13/h6,8,12,15H,2-5,7,14H2,1H3/t12-/m0/s1. The van der Waals surface area contributed by atoms with Gasteiger partial charge in [0.05, 0.1) is 0 Å². The molecule has 2 aliphatic rings. The first-order valence-corrected chi connectivity index (χ1v) is 6.13. The van der Waals surface area contributed by atoms with E-state index in [0.29, 0.717) is 0 Å².